The number of rotatable bonds is 3. The molecule has 0 fully saturated rings. The zero-order valence-electron chi connectivity index (χ0n) is 14.0. The van der Waals surface area contributed by atoms with Gasteiger partial charge in [-0.2, -0.15) is 8.42 Å². The third kappa shape index (κ3) is 4.05. The van der Waals surface area contributed by atoms with Crippen molar-refractivity contribution in [1.29, 1.82) is 0 Å². The first-order chi connectivity index (χ1) is 12.2. The van der Waals surface area contributed by atoms with Crippen LogP contribution in [0.25, 0.3) is 0 Å². The standard InChI is InChI=1S/C17H16FN3O3S2/c1-10-3-5-13(11(2)7-10)19-16(22)9-25-17-20-14-6-4-12(18)8-15(14)26(23,24)21-17/h3-8H,9H2,1-2H3,(H,19,22)(H,20,21). The summed E-state index contributed by atoms with van der Waals surface area (Å²) < 4.78 is 41.1. The second-order valence-electron chi connectivity index (χ2n) is 5.79. The van der Waals surface area contributed by atoms with E-state index in [0.29, 0.717) is 5.69 Å². The summed E-state index contributed by atoms with van der Waals surface area (Å²) in [6.45, 7) is 3.86. The van der Waals surface area contributed by atoms with E-state index < -0.39 is 15.8 Å². The molecule has 0 unspecified atom stereocenters. The first-order valence-corrected chi connectivity index (χ1v) is 10.1. The van der Waals surface area contributed by atoms with Gasteiger partial charge in [-0.05, 0) is 43.7 Å². The van der Waals surface area contributed by atoms with E-state index >= 15 is 0 Å². The molecule has 26 heavy (non-hydrogen) atoms. The predicted octanol–water partition coefficient (Wildman–Crippen LogP) is 3.28. The van der Waals surface area contributed by atoms with Crippen molar-refractivity contribution in [2.45, 2.75) is 18.7 Å². The van der Waals surface area contributed by atoms with Gasteiger partial charge in [-0.15, -0.1) is 4.40 Å². The number of amidine groups is 1. The molecule has 0 aromatic heterocycles. The Labute approximate surface area is 155 Å². The summed E-state index contributed by atoms with van der Waals surface area (Å²) in [7, 11) is -4.00. The van der Waals surface area contributed by atoms with Crippen LogP contribution in [-0.4, -0.2) is 25.2 Å². The summed E-state index contributed by atoms with van der Waals surface area (Å²) in [6, 6.07) is 9.06. The topological polar surface area (TPSA) is 87.6 Å². The van der Waals surface area contributed by atoms with Gasteiger partial charge in [-0.1, -0.05) is 29.5 Å². The molecule has 1 amide bonds. The van der Waals surface area contributed by atoms with Crippen LogP contribution in [0.5, 0.6) is 0 Å². The molecular weight excluding hydrogens is 377 g/mol. The summed E-state index contributed by atoms with van der Waals surface area (Å²) >= 11 is 0.958. The van der Waals surface area contributed by atoms with Gasteiger partial charge in [0, 0.05) is 5.69 Å². The van der Waals surface area contributed by atoms with Crippen molar-refractivity contribution in [2.24, 2.45) is 4.40 Å². The number of amides is 1. The lowest BCUT2D eigenvalue weighted by Gasteiger charge is -2.17. The van der Waals surface area contributed by atoms with Crippen molar-refractivity contribution in [3.8, 4) is 0 Å². The van der Waals surface area contributed by atoms with E-state index in [-0.39, 0.29) is 27.4 Å². The van der Waals surface area contributed by atoms with Crippen molar-refractivity contribution in [1.82, 2.24) is 0 Å². The largest absolute Gasteiger partial charge is 0.333 e. The molecule has 0 aliphatic carbocycles. The summed E-state index contributed by atoms with van der Waals surface area (Å²) in [4.78, 5) is 11.9. The van der Waals surface area contributed by atoms with Gasteiger partial charge < -0.3 is 10.6 Å². The zero-order chi connectivity index (χ0) is 18.9. The minimum atomic E-state index is -4.00. The van der Waals surface area contributed by atoms with Gasteiger partial charge in [-0.25, -0.2) is 4.39 Å². The lowest BCUT2D eigenvalue weighted by molar-refractivity contribution is -0.113. The van der Waals surface area contributed by atoms with Gasteiger partial charge in [0.25, 0.3) is 10.0 Å². The number of fused-ring (bicyclic) bond motifs is 1. The van der Waals surface area contributed by atoms with Crippen molar-refractivity contribution in [3.63, 3.8) is 0 Å². The fraction of sp³-hybridized carbons (Fsp3) is 0.176. The quantitative estimate of drug-likeness (QED) is 0.836. The minimum absolute atomic E-state index is 0.0226. The number of sulfonamides is 1. The molecule has 0 saturated heterocycles. The number of hydrogen-bond donors (Lipinski definition) is 2. The summed E-state index contributed by atoms with van der Waals surface area (Å²) in [5, 5.41) is 5.66. The van der Waals surface area contributed by atoms with E-state index in [1.54, 1.807) is 0 Å². The molecule has 2 aromatic carbocycles. The predicted molar refractivity (Wildman–Crippen MR) is 102 cm³/mol. The number of anilines is 2. The van der Waals surface area contributed by atoms with Gasteiger partial charge in [0.05, 0.1) is 11.4 Å². The number of carbonyl (C=O) groups excluding carboxylic acids is 1. The molecule has 0 radical (unpaired) electrons. The molecule has 0 atom stereocenters. The van der Waals surface area contributed by atoms with Crippen LogP contribution in [0, 0.1) is 19.7 Å². The summed E-state index contributed by atoms with van der Waals surface area (Å²) in [5.74, 6) is -0.965. The Bertz CT molecular complexity index is 1020. The molecule has 6 nitrogen and oxygen atoms in total. The van der Waals surface area contributed by atoms with E-state index in [2.05, 4.69) is 15.0 Å². The lowest BCUT2D eigenvalue weighted by atomic mass is 10.1. The smallest absolute Gasteiger partial charge is 0.286 e. The fourth-order valence-electron chi connectivity index (χ4n) is 2.45. The highest BCUT2D eigenvalue weighted by atomic mass is 32.2. The number of carbonyl (C=O) groups is 1. The van der Waals surface area contributed by atoms with Gasteiger partial charge in [-0.3, -0.25) is 4.79 Å². The number of hydrogen-bond acceptors (Lipinski definition) is 5. The number of benzene rings is 2. The summed E-state index contributed by atoms with van der Waals surface area (Å²) in [5.41, 5.74) is 2.97. The van der Waals surface area contributed by atoms with Crippen LogP contribution in [0.3, 0.4) is 0 Å². The van der Waals surface area contributed by atoms with Gasteiger partial charge >= 0.3 is 0 Å². The molecule has 2 N–H and O–H groups in total. The molecule has 1 heterocycles. The van der Waals surface area contributed by atoms with Crippen LogP contribution in [0.2, 0.25) is 0 Å². The average molecular weight is 393 g/mol. The highest BCUT2D eigenvalue weighted by Crippen LogP contribution is 2.30. The third-order valence-corrected chi connectivity index (χ3v) is 5.97. The van der Waals surface area contributed by atoms with Crippen molar-refractivity contribution in [2.75, 3.05) is 16.4 Å². The average Bonchev–Trinajstić information content (AvgIpc) is 2.56. The molecule has 3 rings (SSSR count). The summed E-state index contributed by atoms with van der Waals surface area (Å²) in [6.07, 6.45) is 0. The molecule has 2 aromatic rings. The zero-order valence-corrected chi connectivity index (χ0v) is 15.7. The Morgan fingerprint density at radius 2 is 2.00 bits per heavy atom. The third-order valence-electron chi connectivity index (χ3n) is 3.66. The highest BCUT2D eigenvalue weighted by Gasteiger charge is 2.26. The van der Waals surface area contributed by atoms with E-state index in [1.807, 2.05) is 32.0 Å². The Balaban J connectivity index is 1.68. The first-order valence-electron chi connectivity index (χ1n) is 7.66. The second-order valence-corrected chi connectivity index (χ2v) is 8.33. The Morgan fingerprint density at radius 3 is 2.73 bits per heavy atom. The Hall–Kier alpha value is -2.39. The maximum absolute atomic E-state index is 13.3. The van der Waals surface area contributed by atoms with E-state index in [0.717, 1.165) is 35.0 Å². The number of halogens is 1. The minimum Gasteiger partial charge on any atom is -0.333 e. The molecule has 0 bridgehead atoms. The molecule has 0 spiro atoms. The van der Waals surface area contributed by atoms with Crippen LogP contribution >= 0.6 is 11.8 Å². The maximum atomic E-state index is 13.3. The van der Waals surface area contributed by atoms with Gasteiger partial charge in [0.1, 0.15) is 10.7 Å². The SMILES string of the molecule is Cc1ccc(NC(=O)CSC2=NS(=O)(=O)c3cc(F)ccc3N2)c(C)c1. The second kappa shape index (κ2) is 7.08. The Morgan fingerprint density at radius 1 is 1.23 bits per heavy atom. The molecule has 9 heteroatoms. The first kappa shape index (κ1) is 18.4. The monoisotopic (exact) mass is 393 g/mol. The van der Waals surface area contributed by atoms with E-state index in [9.17, 15) is 17.6 Å². The number of nitrogens with one attached hydrogen (secondary N) is 2. The molecular formula is C17H16FN3O3S2. The van der Waals surface area contributed by atoms with Crippen LogP contribution in [0.1, 0.15) is 11.1 Å². The van der Waals surface area contributed by atoms with Crippen molar-refractivity contribution < 1.29 is 17.6 Å². The van der Waals surface area contributed by atoms with Crippen LogP contribution in [0.15, 0.2) is 45.7 Å². The van der Waals surface area contributed by atoms with E-state index in [4.69, 9.17) is 0 Å². The molecule has 136 valence electrons. The normalized spacial score (nSPS) is 14.8. The number of nitrogens with zero attached hydrogens (tertiary/aromatic N) is 1. The Kier molecular flexibility index (Phi) is 5.01. The van der Waals surface area contributed by atoms with Gasteiger partial charge in [0.2, 0.25) is 5.91 Å². The van der Waals surface area contributed by atoms with Crippen LogP contribution in [-0.2, 0) is 14.8 Å². The number of thioether (sulfide) groups is 1. The highest BCUT2D eigenvalue weighted by molar-refractivity contribution is 8.15. The van der Waals surface area contributed by atoms with Crippen LogP contribution < -0.4 is 10.6 Å². The van der Waals surface area contributed by atoms with Crippen molar-refractivity contribution in [3.05, 3.63) is 53.3 Å². The van der Waals surface area contributed by atoms with E-state index in [1.165, 1.54) is 6.07 Å². The van der Waals surface area contributed by atoms with Crippen molar-refractivity contribution >= 4 is 44.2 Å². The molecule has 1 aliphatic rings. The lowest BCUT2D eigenvalue weighted by Crippen LogP contribution is -2.22. The van der Waals surface area contributed by atoms with Gasteiger partial charge in [0.15, 0.2) is 5.17 Å². The maximum Gasteiger partial charge on any atom is 0.286 e. The molecule has 0 saturated carbocycles. The van der Waals surface area contributed by atoms with Crippen LogP contribution in [0.4, 0.5) is 15.8 Å². The number of aryl methyl sites for hydroxylation is 2. The fourth-order valence-corrected chi connectivity index (χ4v) is 4.49. The molecule has 1 aliphatic heterocycles.